The van der Waals surface area contributed by atoms with Crippen LogP contribution >= 0.6 is 0 Å². The van der Waals surface area contributed by atoms with Crippen LogP contribution < -0.4 is 5.32 Å². The largest absolute Gasteiger partial charge is 0.313 e. The molecule has 18 heavy (non-hydrogen) atoms. The molecule has 0 spiro atoms. The highest BCUT2D eigenvalue weighted by Gasteiger charge is 2.11. The second-order valence-electron chi connectivity index (χ2n) is 5.58. The predicted octanol–water partition coefficient (Wildman–Crippen LogP) is 1.28. The van der Waals surface area contributed by atoms with E-state index in [0.29, 0.717) is 12.6 Å². The fourth-order valence-electron chi connectivity index (χ4n) is 2.38. The van der Waals surface area contributed by atoms with Crippen molar-refractivity contribution in [2.45, 2.75) is 44.6 Å². The van der Waals surface area contributed by atoms with E-state index in [-0.39, 0.29) is 5.75 Å². The van der Waals surface area contributed by atoms with Crippen molar-refractivity contribution in [2.24, 2.45) is 0 Å². The summed E-state index contributed by atoms with van der Waals surface area (Å²) in [5.41, 5.74) is 0. The summed E-state index contributed by atoms with van der Waals surface area (Å²) in [7, 11) is -0.846. The molecule has 0 aromatic heterocycles. The van der Waals surface area contributed by atoms with Gasteiger partial charge in [-0.3, -0.25) is 0 Å². The molecule has 0 unspecified atom stereocenters. The molecule has 1 rings (SSSR count). The zero-order valence-corrected chi connectivity index (χ0v) is 12.6. The standard InChI is InChI=1S/C13H28N2O2S/c1-15(11-12-18(2,16)17)10-9-14-13-7-5-3-4-6-8-13/h13-14H,3-12H2,1-2H3. The molecular weight excluding hydrogens is 248 g/mol. The van der Waals surface area contributed by atoms with Gasteiger partial charge >= 0.3 is 0 Å². The van der Waals surface area contributed by atoms with Crippen molar-refractivity contribution in [3.05, 3.63) is 0 Å². The average Bonchev–Trinajstić information content (AvgIpc) is 2.54. The van der Waals surface area contributed by atoms with Crippen LogP contribution in [0.1, 0.15) is 38.5 Å². The van der Waals surface area contributed by atoms with Gasteiger partial charge in [-0.05, 0) is 19.9 Å². The molecule has 0 heterocycles. The molecule has 0 bridgehead atoms. The number of hydrogen-bond acceptors (Lipinski definition) is 4. The van der Waals surface area contributed by atoms with Crippen LogP contribution in [-0.4, -0.2) is 58.1 Å². The smallest absolute Gasteiger partial charge is 0.148 e. The van der Waals surface area contributed by atoms with Gasteiger partial charge in [0.1, 0.15) is 9.84 Å². The third-order valence-electron chi connectivity index (χ3n) is 3.63. The zero-order chi connectivity index (χ0) is 13.4. The second-order valence-corrected chi connectivity index (χ2v) is 7.84. The molecule has 1 aliphatic rings. The van der Waals surface area contributed by atoms with E-state index in [9.17, 15) is 8.42 Å². The summed E-state index contributed by atoms with van der Waals surface area (Å²) in [5.74, 6) is 0.257. The molecule has 1 aliphatic carbocycles. The summed E-state index contributed by atoms with van der Waals surface area (Å²) < 4.78 is 22.1. The van der Waals surface area contributed by atoms with E-state index < -0.39 is 9.84 Å². The Morgan fingerprint density at radius 1 is 1.11 bits per heavy atom. The summed E-state index contributed by atoms with van der Waals surface area (Å²) in [6.45, 7) is 2.52. The lowest BCUT2D eigenvalue weighted by Gasteiger charge is -2.20. The van der Waals surface area contributed by atoms with Crippen LogP contribution in [0.25, 0.3) is 0 Å². The molecule has 1 saturated carbocycles. The van der Waals surface area contributed by atoms with Gasteiger partial charge in [0.2, 0.25) is 0 Å². The number of nitrogens with one attached hydrogen (secondary N) is 1. The van der Waals surface area contributed by atoms with Crippen molar-refractivity contribution < 1.29 is 8.42 Å². The van der Waals surface area contributed by atoms with Crippen molar-refractivity contribution in [1.29, 1.82) is 0 Å². The number of likely N-dealkylation sites (N-methyl/N-ethyl adjacent to an activating group) is 1. The third-order valence-corrected chi connectivity index (χ3v) is 4.55. The second kappa shape index (κ2) is 8.12. The number of hydrogen-bond donors (Lipinski definition) is 1. The van der Waals surface area contributed by atoms with Gasteiger partial charge in [-0.1, -0.05) is 25.7 Å². The SMILES string of the molecule is CN(CCNC1CCCCCC1)CCS(C)(=O)=O. The zero-order valence-electron chi connectivity index (χ0n) is 11.8. The van der Waals surface area contributed by atoms with Gasteiger partial charge in [-0.25, -0.2) is 8.42 Å². The van der Waals surface area contributed by atoms with Crippen molar-refractivity contribution >= 4 is 9.84 Å². The van der Waals surface area contributed by atoms with Crippen LogP contribution in [0.4, 0.5) is 0 Å². The Kier molecular flexibility index (Phi) is 7.19. The molecule has 0 saturated heterocycles. The summed E-state index contributed by atoms with van der Waals surface area (Å²) in [6, 6.07) is 0.677. The average molecular weight is 276 g/mol. The highest BCUT2D eigenvalue weighted by molar-refractivity contribution is 7.90. The molecule has 1 N–H and O–H groups in total. The van der Waals surface area contributed by atoms with Gasteiger partial charge in [0.25, 0.3) is 0 Å². The van der Waals surface area contributed by atoms with Gasteiger partial charge < -0.3 is 10.2 Å². The topological polar surface area (TPSA) is 49.4 Å². The van der Waals surface area contributed by atoms with Crippen LogP contribution in [0.5, 0.6) is 0 Å². The van der Waals surface area contributed by atoms with E-state index in [4.69, 9.17) is 0 Å². The molecular formula is C13H28N2O2S. The first kappa shape index (κ1) is 15.9. The predicted molar refractivity (Wildman–Crippen MR) is 76.7 cm³/mol. The van der Waals surface area contributed by atoms with Crippen molar-refractivity contribution in [3.8, 4) is 0 Å². The van der Waals surface area contributed by atoms with E-state index in [2.05, 4.69) is 10.2 Å². The summed E-state index contributed by atoms with van der Waals surface area (Å²) in [4.78, 5) is 2.09. The summed E-state index contributed by atoms with van der Waals surface area (Å²) >= 11 is 0. The lowest BCUT2D eigenvalue weighted by molar-refractivity contribution is 0.333. The maximum Gasteiger partial charge on any atom is 0.148 e. The minimum atomic E-state index is -2.83. The van der Waals surface area contributed by atoms with E-state index >= 15 is 0 Å². The van der Waals surface area contributed by atoms with Crippen LogP contribution in [0.3, 0.4) is 0 Å². The van der Waals surface area contributed by atoms with Gasteiger partial charge in [-0.15, -0.1) is 0 Å². The lowest BCUT2D eigenvalue weighted by atomic mass is 10.1. The molecule has 4 nitrogen and oxygen atoms in total. The Hall–Kier alpha value is -0.130. The summed E-state index contributed by atoms with van der Waals surface area (Å²) in [5, 5.41) is 3.60. The number of rotatable bonds is 7. The molecule has 0 aromatic rings. The molecule has 5 heteroatoms. The molecule has 0 atom stereocenters. The quantitative estimate of drug-likeness (QED) is 0.712. The first-order chi connectivity index (χ1) is 8.47. The highest BCUT2D eigenvalue weighted by Crippen LogP contribution is 2.16. The molecule has 0 radical (unpaired) electrons. The van der Waals surface area contributed by atoms with Gasteiger partial charge in [-0.2, -0.15) is 0 Å². The normalized spacial score (nSPS) is 19.1. The van der Waals surface area contributed by atoms with E-state index in [1.165, 1.54) is 44.8 Å². The molecule has 108 valence electrons. The molecule has 0 aromatic carbocycles. The Morgan fingerprint density at radius 3 is 2.28 bits per heavy atom. The van der Waals surface area contributed by atoms with Crippen molar-refractivity contribution in [3.63, 3.8) is 0 Å². The highest BCUT2D eigenvalue weighted by atomic mass is 32.2. The monoisotopic (exact) mass is 276 g/mol. The van der Waals surface area contributed by atoms with Crippen LogP contribution in [0.15, 0.2) is 0 Å². The van der Waals surface area contributed by atoms with Gasteiger partial charge in [0.15, 0.2) is 0 Å². The van der Waals surface area contributed by atoms with Crippen molar-refractivity contribution in [1.82, 2.24) is 10.2 Å². The number of sulfone groups is 1. The molecule has 0 aliphatic heterocycles. The maximum atomic E-state index is 11.1. The lowest BCUT2D eigenvalue weighted by Crippen LogP contribution is -2.37. The Balaban J connectivity index is 2.08. The van der Waals surface area contributed by atoms with E-state index in [1.807, 2.05) is 7.05 Å². The van der Waals surface area contributed by atoms with Crippen LogP contribution in [0, 0.1) is 0 Å². The fraction of sp³-hybridized carbons (Fsp3) is 1.00. The fourth-order valence-corrected chi connectivity index (χ4v) is 3.02. The minimum absolute atomic E-state index is 0.257. The Morgan fingerprint density at radius 2 is 1.72 bits per heavy atom. The van der Waals surface area contributed by atoms with E-state index in [1.54, 1.807) is 0 Å². The van der Waals surface area contributed by atoms with Gasteiger partial charge in [0, 0.05) is 31.9 Å². The van der Waals surface area contributed by atoms with Crippen LogP contribution in [-0.2, 0) is 9.84 Å². The molecule has 1 fully saturated rings. The van der Waals surface area contributed by atoms with Crippen LogP contribution in [0.2, 0.25) is 0 Å². The minimum Gasteiger partial charge on any atom is -0.313 e. The summed E-state index contributed by atoms with van der Waals surface area (Å²) in [6.07, 6.45) is 9.35. The Bertz CT molecular complexity index is 309. The van der Waals surface area contributed by atoms with Gasteiger partial charge in [0.05, 0.1) is 5.75 Å². The maximum absolute atomic E-state index is 11.1. The first-order valence-electron chi connectivity index (χ1n) is 7.07. The Labute approximate surface area is 112 Å². The molecule has 0 amide bonds. The van der Waals surface area contributed by atoms with Crippen molar-refractivity contribution in [2.75, 3.05) is 38.7 Å². The first-order valence-corrected chi connectivity index (χ1v) is 9.13. The third kappa shape index (κ3) is 8.06. The number of nitrogens with zero attached hydrogens (tertiary/aromatic N) is 1. The van der Waals surface area contributed by atoms with E-state index in [0.717, 1.165) is 13.1 Å².